The number of hydrogen-bond acceptors (Lipinski definition) is 2. The molecule has 0 heterocycles. The van der Waals surface area contributed by atoms with Crippen LogP contribution in [0, 0.1) is 0 Å². The Morgan fingerprint density at radius 3 is 2.42 bits per heavy atom. The summed E-state index contributed by atoms with van der Waals surface area (Å²) in [4.78, 5) is 2.30. The third-order valence-electron chi connectivity index (χ3n) is 3.49. The van der Waals surface area contributed by atoms with E-state index in [1.807, 2.05) is 0 Å². The lowest BCUT2D eigenvalue weighted by Crippen LogP contribution is -2.33. The number of nitrogens with two attached hydrogens (primary N) is 1. The largest absolute Gasteiger partial charge is 0.375 e. The van der Waals surface area contributed by atoms with Crippen LogP contribution in [0.15, 0.2) is 42.5 Å². The Morgan fingerprint density at radius 2 is 1.74 bits per heavy atom. The summed E-state index contributed by atoms with van der Waals surface area (Å²) in [5.41, 5.74) is 7.22. The van der Waals surface area contributed by atoms with E-state index in [2.05, 4.69) is 68.3 Å². The van der Waals surface area contributed by atoms with Gasteiger partial charge in [0.05, 0.1) is 0 Å². The van der Waals surface area contributed by atoms with Crippen LogP contribution in [0.25, 0.3) is 10.8 Å². The Labute approximate surface area is 116 Å². The van der Waals surface area contributed by atoms with E-state index in [0.717, 1.165) is 19.4 Å². The van der Waals surface area contributed by atoms with Crippen LogP contribution in [0.3, 0.4) is 0 Å². The number of nitrogens with zero attached hydrogens (tertiary/aromatic N) is 1. The van der Waals surface area contributed by atoms with Crippen molar-refractivity contribution in [3.05, 3.63) is 42.5 Å². The lowest BCUT2D eigenvalue weighted by Gasteiger charge is -2.23. The number of anilines is 1. The summed E-state index contributed by atoms with van der Waals surface area (Å²) in [6.45, 7) is 5.21. The maximum Gasteiger partial charge on any atom is 0.0370 e. The molecule has 19 heavy (non-hydrogen) atoms. The first-order valence-corrected chi connectivity index (χ1v) is 6.94. The average molecular weight is 256 g/mol. The molecule has 102 valence electrons. The van der Waals surface area contributed by atoms with Crippen molar-refractivity contribution in [2.24, 2.45) is 5.73 Å². The molecule has 0 bridgehead atoms. The zero-order valence-electron chi connectivity index (χ0n) is 12.2. The summed E-state index contributed by atoms with van der Waals surface area (Å²) >= 11 is 0. The number of hydrogen-bond donors (Lipinski definition) is 1. The average Bonchev–Trinajstić information content (AvgIpc) is 2.36. The highest BCUT2D eigenvalue weighted by atomic mass is 15.1. The van der Waals surface area contributed by atoms with Gasteiger partial charge in [-0.05, 0) is 49.6 Å². The second-order valence-electron chi connectivity index (χ2n) is 6.05. The lowest BCUT2D eigenvalue weighted by atomic mass is 10.00. The van der Waals surface area contributed by atoms with Crippen LogP contribution in [0.2, 0.25) is 0 Å². The Hall–Kier alpha value is -1.54. The van der Waals surface area contributed by atoms with Gasteiger partial charge in [-0.1, -0.05) is 30.3 Å². The summed E-state index contributed by atoms with van der Waals surface area (Å²) in [5.74, 6) is 0. The van der Waals surface area contributed by atoms with Gasteiger partial charge < -0.3 is 10.6 Å². The van der Waals surface area contributed by atoms with Crippen LogP contribution >= 0.6 is 0 Å². The van der Waals surface area contributed by atoms with Crippen LogP contribution in [-0.2, 0) is 0 Å². The topological polar surface area (TPSA) is 29.3 Å². The molecule has 0 radical (unpaired) electrons. The molecule has 2 aromatic carbocycles. The minimum Gasteiger partial charge on any atom is -0.375 e. The summed E-state index contributed by atoms with van der Waals surface area (Å²) in [6, 6.07) is 15.1. The van der Waals surface area contributed by atoms with E-state index in [0.29, 0.717) is 0 Å². The van der Waals surface area contributed by atoms with Crippen LogP contribution in [0.1, 0.15) is 26.7 Å². The highest BCUT2D eigenvalue weighted by molar-refractivity contribution is 5.85. The highest BCUT2D eigenvalue weighted by Crippen LogP contribution is 2.21. The molecule has 0 spiro atoms. The van der Waals surface area contributed by atoms with Gasteiger partial charge in [0.1, 0.15) is 0 Å². The molecule has 0 saturated heterocycles. The molecule has 0 atom stereocenters. The molecule has 2 heteroatoms. The molecule has 2 N–H and O–H groups in total. The molecule has 0 aliphatic rings. The van der Waals surface area contributed by atoms with E-state index in [-0.39, 0.29) is 5.54 Å². The summed E-state index contributed by atoms with van der Waals surface area (Å²) in [7, 11) is 2.15. The zero-order valence-corrected chi connectivity index (χ0v) is 12.2. The number of rotatable bonds is 5. The zero-order chi connectivity index (χ0) is 13.9. The molecule has 0 aromatic heterocycles. The monoisotopic (exact) mass is 256 g/mol. The highest BCUT2D eigenvalue weighted by Gasteiger charge is 2.10. The van der Waals surface area contributed by atoms with Gasteiger partial charge in [0.2, 0.25) is 0 Å². The van der Waals surface area contributed by atoms with Crippen molar-refractivity contribution in [1.29, 1.82) is 0 Å². The van der Waals surface area contributed by atoms with E-state index in [4.69, 9.17) is 5.73 Å². The van der Waals surface area contributed by atoms with E-state index in [9.17, 15) is 0 Å². The second-order valence-corrected chi connectivity index (χ2v) is 6.05. The molecule has 0 fully saturated rings. The van der Waals surface area contributed by atoms with Gasteiger partial charge in [-0.15, -0.1) is 0 Å². The quantitative estimate of drug-likeness (QED) is 0.881. The third kappa shape index (κ3) is 3.97. The third-order valence-corrected chi connectivity index (χ3v) is 3.49. The van der Waals surface area contributed by atoms with Gasteiger partial charge in [-0.3, -0.25) is 0 Å². The van der Waals surface area contributed by atoms with Crippen LogP contribution < -0.4 is 10.6 Å². The van der Waals surface area contributed by atoms with Crippen molar-refractivity contribution in [2.45, 2.75) is 32.2 Å². The van der Waals surface area contributed by atoms with Gasteiger partial charge in [0.25, 0.3) is 0 Å². The van der Waals surface area contributed by atoms with Crippen LogP contribution in [0.4, 0.5) is 5.69 Å². The summed E-state index contributed by atoms with van der Waals surface area (Å²) in [5, 5.41) is 2.59. The maximum absolute atomic E-state index is 6.02. The molecule has 0 amide bonds. The molecule has 2 nitrogen and oxygen atoms in total. The van der Waals surface area contributed by atoms with E-state index in [1.54, 1.807) is 0 Å². The normalized spacial score (nSPS) is 11.8. The standard InChI is InChI=1S/C17H24N2/c1-17(2,18)11-6-12-19(3)16-10-9-14-7-4-5-8-15(14)13-16/h4-5,7-10,13H,6,11-12,18H2,1-3H3. The fourth-order valence-corrected chi connectivity index (χ4v) is 2.32. The van der Waals surface area contributed by atoms with Crippen molar-refractivity contribution in [2.75, 3.05) is 18.5 Å². The van der Waals surface area contributed by atoms with Crippen molar-refractivity contribution in [3.63, 3.8) is 0 Å². The first-order chi connectivity index (χ1) is 8.96. The van der Waals surface area contributed by atoms with Gasteiger partial charge in [-0.2, -0.15) is 0 Å². The van der Waals surface area contributed by atoms with Crippen molar-refractivity contribution < 1.29 is 0 Å². The van der Waals surface area contributed by atoms with Gasteiger partial charge in [-0.25, -0.2) is 0 Å². The van der Waals surface area contributed by atoms with E-state index >= 15 is 0 Å². The second kappa shape index (κ2) is 5.62. The Kier molecular flexibility index (Phi) is 4.11. The van der Waals surface area contributed by atoms with Crippen LogP contribution in [0.5, 0.6) is 0 Å². The molecule has 2 rings (SSSR count). The smallest absolute Gasteiger partial charge is 0.0370 e. The molecule has 0 aliphatic carbocycles. The predicted molar refractivity (Wildman–Crippen MR) is 84.7 cm³/mol. The number of fused-ring (bicyclic) bond motifs is 1. The Morgan fingerprint density at radius 1 is 1.05 bits per heavy atom. The first-order valence-electron chi connectivity index (χ1n) is 6.94. The summed E-state index contributed by atoms with van der Waals surface area (Å²) in [6.07, 6.45) is 2.16. The molecular weight excluding hydrogens is 232 g/mol. The van der Waals surface area contributed by atoms with E-state index in [1.165, 1.54) is 16.5 Å². The van der Waals surface area contributed by atoms with Gasteiger partial charge in [0, 0.05) is 24.8 Å². The van der Waals surface area contributed by atoms with Crippen molar-refractivity contribution >= 4 is 16.5 Å². The van der Waals surface area contributed by atoms with Gasteiger partial charge >= 0.3 is 0 Å². The minimum atomic E-state index is -0.0653. The Balaban J connectivity index is 2.03. The molecule has 0 saturated carbocycles. The molecule has 0 unspecified atom stereocenters. The lowest BCUT2D eigenvalue weighted by molar-refractivity contribution is 0.460. The Bertz CT molecular complexity index is 540. The molecule has 2 aromatic rings. The molecule has 0 aliphatic heterocycles. The number of benzene rings is 2. The van der Waals surface area contributed by atoms with Crippen molar-refractivity contribution in [3.8, 4) is 0 Å². The fourth-order valence-electron chi connectivity index (χ4n) is 2.32. The predicted octanol–water partition coefficient (Wildman–Crippen LogP) is 3.79. The first kappa shape index (κ1) is 13.9. The fraction of sp³-hybridized carbons (Fsp3) is 0.412. The molecular formula is C17H24N2. The van der Waals surface area contributed by atoms with E-state index < -0.39 is 0 Å². The SMILES string of the molecule is CN(CCCC(C)(C)N)c1ccc2ccccc2c1. The van der Waals surface area contributed by atoms with Gasteiger partial charge in [0.15, 0.2) is 0 Å². The maximum atomic E-state index is 6.02. The summed E-state index contributed by atoms with van der Waals surface area (Å²) < 4.78 is 0. The minimum absolute atomic E-state index is 0.0653. The van der Waals surface area contributed by atoms with Crippen molar-refractivity contribution in [1.82, 2.24) is 0 Å². The van der Waals surface area contributed by atoms with Crippen LogP contribution in [-0.4, -0.2) is 19.1 Å².